The summed E-state index contributed by atoms with van der Waals surface area (Å²) in [7, 11) is 0. The molecule has 3 nitrogen and oxygen atoms in total. The molecular weight excluding hydrogens is 212 g/mol. The second-order valence-electron chi connectivity index (χ2n) is 4.68. The van der Waals surface area contributed by atoms with E-state index in [-0.39, 0.29) is 6.61 Å². The predicted octanol–water partition coefficient (Wildman–Crippen LogP) is 1.74. The number of benzene rings is 1. The van der Waals surface area contributed by atoms with E-state index in [9.17, 15) is 0 Å². The molecule has 0 radical (unpaired) electrons. The van der Waals surface area contributed by atoms with Crippen molar-refractivity contribution in [2.45, 2.75) is 39.5 Å². The van der Waals surface area contributed by atoms with Crippen LogP contribution in [0.15, 0.2) is 24.3 Å². The zero-order chi connectivity index (χ0) is 12.7. The van der Waals surface area contributed by atoms with Gasteiger partial charge in [0.25, 0.3) is 0 Å². The standard InChI is InChI=1S/C14H24N2O/c1-12(2)16(9-3-8-15)10-13-4-6-14(11-17)7-5-13/h4-7,12,17H,3,8-11,15H2,1-2H3. The predicted molar refractivity (Wildman–Crippen MR) is 71.6 cm³/mol. The quantitative estimate of drug-likeness (QED) is 0.758. The fraction of sp³-hybridized carbons (Fsp3) is 0.571. The third-order valence-electron chi connectivity index (χ3n) is 2.97. The van der Waals surface area contributed by atoms with Crippen LogP contribution in [0.3, 0.4) is 0 Å². The van der Waals surface area contributed by atoms with E-state index in [0.717, 1.165) is 31.6 Å². The first kappa shape index (κ1) is 14.2. The lowest BCUT2D eigenvalue weighted by Gasteiger charge is -2.26. The molecule has 0 aromatic heterocycles. The van der Waals surface area contributed by atoms with Crippen LogP contribution in [0.1, 0.15) is 31.4 Å². The van der Waals surface area contributed by atoms with Crippen LogP contribution in [-0.2, 0) is 13.2 Å². The van der Waals surface area contributed by atoms with Crippen molar-refractivity contribution >= 4 is 0 Å². The minimum atomic E-state index is 0.112. The molecule has 17 heavy (non-hydrogen) atoms. The van der Waals surface area contributed by atoms with Crippen LogP contribution in [0.2, 0.25) is 0 Å². The van der Waals surface area contributed by atoms with Crippen LogP contribution >= 0.6 is 0 Å². The first-order chi connectivity index (χ1) is 8.17. The number of hydrogen-bond donors (Lipinski definition) is 2. The molecule has 96 valence electrons. The van der Waals surface area contributed by atoms with Crippen molar-refractivity contribution in [3.8, 4) is 0 Å². The van der Waals surface area contributed by atoms with Gasteiger partial charge in [0.1, 0.15) is 0 Å². The van der Waals surface area contributed by atoms with Gasteiger partial charge in [0.05, 0.1) is 6.61 Å². The van der Waals surface area contributed by atoms with E-state index in [1.807, 2.05) is 12.1 Å². The van der Waals surface area contributed by atoms with Gasteiger partial charge in [-0.05, 0) is 44.5 Å². The molecule has 3 N–H and O–H groups in total. The molecule has 0 saturated carbocycles. The van der Waals surface area contributed by atoms with Crippen molar-refractivity contribution in [1.82, 2.24) is 4.90 Å². The Labute approximate surface area is 104 Å². The van der Waals surface area contributed by atoms with E-state index < -0.39 is 0 Å². The molecule has 0 heterocycles. The molecule has 1 aromatic rings. The largest absolute Gasteiger partial charge is 0.392 e. The first-order valence-corrected chi connectivity index (χ1v) is 6.30. The molecule has 3 heteroatoms. The molecule has 0 saturated heterocycles. The smallest absolute Gasteiger partial charge is 0.0681 e. The Hall–Kier alpha value is -0.900. The second-order valence-corrected chi connectivity index (χ2v) is 4.68. The van der Waals surface area contributed by atoms with Crippen molar-refractivity contribution in [2.75, 3.05) is 13.1 Å². The van der Waals surface area contributed by atoms with E-state index >= 15 is 0 Å². The first-order valence-electron chi connectivity index (χ1n) is 6.30. The molecule has 0 fully saturated rings. The van der Waals surface area contributed by atoms with Gasteiger partial charge in [-0.2, -0.15) is 0 Å². The van der Waals surface area contributed by atoms with Crippen molar-refractivity contribution in [3.63, 3.8) is 0 Å². The zero-order valence-electron chi connectivity index (χ0n) is 10.9. The van der Waals surface area contributed by atoms with Gasteiger partial charge in [-0.1, -0.05) is 24.3 Å². The summed E-state index contributed by atoms with van der Waals surface area (Å²) in [6.45, 7) is 7.25. The molecule has 0 unspecified atom stereocenters. The van der Waals surface area contributed by atoms with Crippen molar-refractivity contribution < 1.29 is 5.11 Å². The molecule has 0 aliphatic carbocycles. The Morgan fingerprint density at radius 1 is 1.18 bits per heavy atom. The maximum atomic E-state index is 8.99. The Balaban J connectivity index is 2.58. The van der Waals surface area contributed by atoms with Gasteiger partial charge in [0, 0.05) is 12.6 Å². The lowest BCUT2D eigenvalue weighted by molar-refractivity contribution is 0.211. The number of rotatable bonds is 7. The van der Waals surface area contributed by atoms with E-state index in [1.54, 1.807) is 0 Å². The Kier molecular flexibility index (Phi) is 6.19. The van der Waals surface area contributed by atoms with Crippen LogP contribution in [-0.4, -0.2) is 29.1 Å². The average Bonchev–Trinajstić information content (AvgIpc) is 2.35. The van der Waals surface area contributed by atoms with Gasteiger partial charge in [0.15, 0.2) is 0 Å². The summed E-state index contributed by atoms with van der Waals surface area (Å²) < 4.78 is 0. The summed E-state index contributed by atoms with van der Waals surface area (Å²) in [4.78, 5) is 2.42. The van der Waals surface area contributed by atoms with Crippen LogP contribution in [0.25, 0.3) is 0 Å². The van der Waals surface area contributed by atoms with Crippen LogP contribution in [0.5, 0.6) is 0 Å². The third kappa shape index (κ3) is 4.86. The molecule has 0 amide bonds. The molecule has 1 rings (SSSR count). The van der Waals surface area contributed by atoms with E-state index in [4.69, 9.17) is 10.8 Å². The Morgan fingerprint density at radius 2 is 1.76 bits per heavy atom. The lowest BCUT2D eigenvalue weighted by Crippen LogP contribution is -2.32. The fourth-order valence-electron chi connectivity index (χ4n) is 1.80. The normalized spacial score (nSPS) is 11.4. The maximum absolute atomic E-state index is 8.99. The molecular formula is C14H24N2O. The van der Waals surface area contributed by atoms with Crippen molar-refractivity contribution in [2.24, 2.45) is 5.73 Å². The SMILES string of the molecule is CC(C)N(CCCN)Cc1ccc(CO)cc1. The summed E-state index contributed by atoms with van der Waals surface area (Å²) in [6, 6.07) is 8.67. The highest BCUT2D eigenvalue weighted by Gasteiger charge is 2.09. The van der Waals surface area contributed by atoms with Gasteiger partial charge in [0.2, 0.25) is 0 Å². The number of aliphatic hydroxyl groups excluding tert-OH is 1. The Bertz CT molecular complexity index is 309. The van der Waals surface area contributed by atoms with Gasteiger partial charge in [-0.3, -0.25) is 4.90 Å². The number of hydrogen-bond acceptors (Lipinski definition) is 3. The van der Waals surface area contributed by atoms with Gasteiger partial charge >= 0.3 is 0 Å². The minimum Gasteiger partial charge on any atom is -0.392 e. The van der Waals surface area contributed by atoms with E-state index in [2.05, 4.69) is 30.9 Å². The number of nitrogens with two attached hydrogens (primary N) is 1. The topological polar surface area (TPSA) is 49.5 Å². The molecule has 1 aromatic carbocycles. The van der Waals surface area contributed by atoms with E-state index in [1.165, 1.54) is 5.56 Å². The van der Waals surface area contributed by atoms with Crippen molar-refractivity contribution in [3.05, 3.63) is 35.4 Å². The van der Waals surface area contributed by atoms with Crippen LogP contribution < -0.4 is 5.73 Å². The van der Waals surface area contributed by atoms with Crippen LogP contribution in [0, 0.1) is 0 Å². The Morgan fingerprint density at radius 3 is 2.24 bits per heavy atom. The van der Waals surface area contributed by atoms with Gasteiger partial charge in [-0.25, -0.2) is 0 Å². The lowest BCUT2D eigenvalue weighted by atomic mass is 10.1. The highest BCUT2D eigenvalue weighted by atomic mass is 16.3. The summed E-state index contributed by atoms with van der Waals surface area (Å²) in [5.41, 5.74) is 7.80. The van der Waals surface area contributed by atoms with Gasteiger partial charge < -0.3 is 10.8 Å². The molecule has 0 aliphatic heterocycles. The molecule has 0 bridgehead atoms. The second kappa shape index (κ2) is 7.43. The highest BCUT2D eigenvalue weighted by Crippen LogP contribution is 2.10. The fourth-order valence-corrected chi connectivity index (χ4v) is 1.80. The minimum absolute atomic E-state index is 0.112. The average molecular weight is 236 g/mol. The summed E-state index contributed by atoms with van der Waals surface area (Å²) in [5, 5.41) is 8.99. The summed E-state index contributed by atoms with van der Waals surface area (Å²) in [5.74, 6) is 0. The maximum Gasteiger partial charge on any atom is 0.0681 e. The third-order valence-corrected chi connectivity index (χ3v) is 2.97. The molecule has 0 spiro atoms. The molecule has 0 aliphatic rings. The summed E-state index contributed by atoms with van der Waals surface area (Å²) >= 11 is 0. The van der Waals surface area contributed by atoms with E-state index in [0.29, 0.717) is 6.04 Å². The summed E-state index contributed by atoms with van der Waals surface area (Å²) in [6.07, 6.45) is 1.03. The zero-order valence-corrected chi connectivity index (χ0v) is 10.9. The van der Waals surface area contributed by atoms with Gasteiger partial charge in [-0.15, -0.1) is 0 Å². The number of aliphatic hydroxyl groups is 1. The van der Waals surface area contributed by atoms with Crippen molar-refractivity contribution in [1.29, 1.82) is 0 Å². The monoisotopic (exact) mass is 236 g/mol. The molecule has 0 atom stereocenters. The van der Waals surface area contributed by atoms with Crippen LogP contribution in [0.4, 0.5) is 0 Å². The number of nitrogens with zero attached hydrogens (tertiary/aromatic N) is 1. The highest BCUT2D eigenvalue weighted by molar-refractivity contribution is 5.21.